The third-order valence-electron chi connectivity index (χ3n) is 4.95. The van der Waals surface area contributed by atoms with Crippen molar-refractivity contribution in [3.63, 3.8) is 0 Å². The van der Waals surface area contributed by atoms with Crippen LogP contribution in [0.3, 0.4) is 0 Å². The first kappa shape index (κ1) is 19.8. The van der Waals surface area contributed by atoms with Crippen LogP contribution < -0.4 is 16.6 Å². The Morgan fingerprint density at radius 1 is 0.968 bits per heavy atom. The lowest BCUT2D eigenvalue weighted by Crippen LogP contribution is -2.38. The van der Waals surface area contributed by atoms with Gasteiger partial charge in [0.15, 0.2) is 0 Å². The molecule has 0 aliphatic rings. The molecule has 0 fully saturated rings. The topological polar surface area (TPSA) is 148 Å². The number of nitrogens with one attached hydrogen (secondary N) is 1. The minimum absolute atomic E-state index is 0.0751. The Bertz CT molecular complexity index is 1360. The third-order valence-corrected chi connectivity index (χ3v) is 4.95. The maximum absolute atomic E-state index is 12.7. The van der Waals surface area contributed by atoms with Gasteiger partial charge in [-0.2, -0.15) is 0 Å². The Balaban J connectivity index is 1.68. The smallest absolute Gasteiger partial charge is 0.350 e. The number of hydrogen-bond acceptors (Lipinski definition) is 3. The standard InChI is InChI=1S/C22H18N6O3/c23-21(26-27-24)14-7-10-19-17(11-14)16-3-1-2-4-18(16)28(19)12-20(29)25-15-8-5-13(6-9-15)22(30)31/h1-11H,12H2,(H,25,29)(H,30,31)(H3,23,24,26)/p+1. The van der Waals surface area contributed by atoms with Gasteiger partial charge in [-0.25, -0.2) is 4.79 Å². The second kappa shape index (κ2) is 8.07. The summed E-state index contributed by atoms with van der Waals surface area (Å²) < 4.78 is 1.91. The lowest BCUT2D eigenvalue weighted by atomic mass is 10.1. The van der Waals surface area contributed by atoms with Crippen molar-refractivity contribution in [3.05, 3.63) is 77.9 Å². The van der Waals surface area contributed by atoms with Crippen molar-refractivity contribution in [1.82, 2.24) is 4.57 Å². The Hall–Kier alpha value is -4.53. The molecule has 9 heteroatoms. The molecule has 1 aromatic heterocycles. The van der Waals surface area contributed by atoms with Crippen molar-refractivity contribution < 1.29 is 20.1 Å². The van der Waals surface area contributed by atoms with Gasteiger partial charge in [-0.1, -0.05) is 18.2 Å². The summed E-state index contributed by atoms with van der Waals surface area (Å²) in [6.07, 6.45) is 0. The van der Waals surface area contributed by atoms with E-state index in [1.807, 2.05) is 41.0 Å². The highest BCUT2D eigenvalue weighted by atomic mass is 16.4. The van der Waals surface area contributed by atoms with Crippen molar-refractivity contribution in [1.29, 1.82) is 0 Å². The Morgan fingerprint density at radius 3 is 2.35 bits per heavy atom. The van der Waals surface area contributed by atoms with Crippen molar-refractivity contribution in [3.8, 4) is 0 Å². The highest BCUT2D eigenvalue weighted by Crippen LogP contribution is 2.30. The molecule has 4 aromatic rings. The Morgan fingerprint density at radius 2 is 1.65 bits per heavy atom. The molecular weight excluding hydrogens is 396 g/mol. The van der Waals surface area contributed by atoms with E-state index in [0.717, 1.165) is 21.8 Å². The zero-order valence-corrected chi connectivity index (χ0v) is 16.3. The molecule has 0 aliphatic heterocycles. The van der Waals surface area contributed by atoms with Crippen molar-refractivity contribution in [2.45, 2.75) is 6.54 Å². The molecule has 154 valence electrons. The number of carbonyl (C=O) groups is 2. The van der Waals surface area contributed by atoms with Gasteiger partial charge < -0.3 is 15.0 Å². The molecule has 9 nitrogen and oxygen atoms in total. The third kappa shape index (κ3) is 3.84. The van der Waals surface area contributed by atoms with Crippen LogP contribution in [-0.4, -0.2) is 27.4 Å². The number of anilines is 1. The number of amidine groups is 1. The van der Waals surface area contributed by atoms with Gasteiger partial charge in [-0.05, 0) is 48.5 Å². The zero-order valence-electron chi connectivity index (χ0n) is 16.3. The van der Waals surface area contributed by atoms with Gasteiger partial charge in [0, 0.05) is 32.7 Å². The molecule has 0 aliphatic carbocycles. The summed E-state index contributed by atoms with van der Waals surface area (Å²) >= 11 is 0. The first-order chi connectivity index (χ1) is 15.0. The number of amides is 1. The number of rotatable bonds is 5. The van der Waals surface area contributed by atoms with Crippen LogP contribution in [0.4, 0.5) is 5.69 Å². The quantitative estimate of drug-likeness (QED) is 0.130. The predicted molar refractivity (Wildman–Crippen MR) is 117 cm³/mol. The van der Waals surface area contributed by atoms with E-state index in [2.05, 4.69) is 15.7 Å². The first-order valence-electron chi connectivity index (χ1n) is 9.36. The predicted octanol–water partition coefficient (Wildman–Crippen LogP) is 1.96. The summed E-state index contributed by atoms with van der Waals surface area (Å²) in [5, 5.41) is 26.5. The molecule has 0 radical (unpaired) electrons. The minimum Gasteiger partial charge on any atom is -0.478 e. The lowest BCUT2D eigenvalue weighted by molar-refractivity contribution is -0.116. The average Bonchev–Trinajstić information content (AvgIpc) is 3.07. The summed E-state index contributed by atoms with van der Waals surface area (Å²) in [7, 11) is 0. The molecule has 0 saturated heterocycles. The number of hydrogen-bond donors (Lipinski definition) is 4. The van der Waals surface area contributed by atoms with Gasteiger partial charge in [-0.3, -0.25) is 16.0 Å². The fourth-order valence-corrected chi connectivity index (χ4v) is 3.54. The maximum Gasteiger partial charge on any atom is 0.350 e. The lowest BCUT2D eigenvalue weighted by Gasteiger charge is -2.09. The summed E-state index contributed by atoms with van der Waals surface area (Å²) in [4.78, 5) is 23.7. The fourth-order valence-electron chi connectivity index (χ4n) is 3.54. The number of fused-ring (bicyclic) bond motifs is 3. The molecule has 1 heterocycles. The van der Waals surface area contributed by atoms with Crippen molar-refractivity contribution in [2.75, 3.05) is 5.32 Å². The van der Waals surface area contributed by atoms with Crippen LogP contribution in [0.5, 0.6) is 0 Å². The summed E-state index contributed by atoms with van der Waals surface area (Å²) in [5.41, 5.74) is 3.10. The molecule has 0 atom stereocenters. The molecule has 6 N–H and O–H groups in total. The van der Waals surface area contributed by atoms with Crippen LogP contribution in [0.25, 0.3) is 21.8 Å². The maximum atomic E-state index is 12.7. The van der Waals surface area contributed by atoms with Crippen LogP contribution in [-0.2, 0) is 11.3 Å². The zero-order chi connectivity index (χ0) is 22.0. The molecule has 0 bridgehead atoms. The molecule has 0 spiro atoms. The van der Waals surface area contributed by atoms with Gasteiger partial charge in [0.05, 0.1) is 16.2 Å². The largest absolute Gasteiger partial charge is 0.478 e. The van der Waals surface area contributed by atoms with E-state index in [0.29, 0.717) is 11.3 Å². The molecular formula is C22H19N6O3+. The van der Waals surface area contributed by atoms with Gasteiger partial charge in [0.1, 0.15) is 6.54 Å². The Kier molecular flexibility index (Phi) is 5.15. The molecule has 0 unspecified atom stereocenters. The molecule has 31 heavy (non-hydrogen) atoms. The van der Waals surface area contributed by atoms with Crippen LogP contribution in [0.2, 0.25) is 0 Å². The number of aromatic nitrogens is 1. The van der Waals surface area contributed by atoms with Gasteiger partial charge in [0.2, 0.25) is 5.91 Å². The number of para-hydroxylation sites is 1. The first-order valence-corrected chi connectivity index (χ1v) is 9.36. The normalized spacial score (nSPS) is 11.2. The Labute approximate surface area is 176 Å². The fraction of sp³-hybridized carbons (Fsp3) is 0.0455. The number of nitrogens with two attached hydrogens (primary N) is 2. The van der Waals surface area contributed by atoms with E-state index < -0.39 is 5.97 Å². The summed E-state index contributed by atoms with van der Waals surface area (Å²) in [5.74, 6) is 4.03. The number of carbonyl (C=O) groups excluding carboxylic acids is 1. The monoisotopic (exact) mass is 415 g/mol. The number of carboxylic acid groups (broad SMARTS) is 1. The van der Waals surface area contributed by atoms with Gasteiger partial charge in [0.25, 0.3) is 0 Å². The SMILES string of the molecule is NN=NC(=[NH2+])c1ccc2c(c1)c1ccccc1n2CC(=O)Nc1ccc(C(=O)O)cc1. The van der Waals surface area contributed by atoms with E-state index in [-0.39, 0.29) is 23.9 Å². The highest BCUT2D eigenvalue weighted by Gasteiger charge is 2.16. The van der Waals surface area contributed by atoms with Crippen molar-refractivity contribution in [2.24, 2.45) is 16.2 Å². The van der Waals surface area contributed by atoms with E-state index in [1.165, 1.54) is 12.1 Å². The van der Waals surface area contributed by atoms with E-state index in [1.54, 1.807) is 18.2 Å². The van der Waals surface area contributed by atoms with E-state index >= 15 is 0 Å². The van der Waals surface area contributed by atoms with E-state index in [4.69, 9.17) is 16.4 Å². The van der Waals surface area contributed by atoms with E-state index in [9.17, 15) is 9.59 Å². The van der Waals surface area contributed by atoms with Crippen molar-refractivity contribution >= 4 is 45.2 Å². The molecule has 4 rings (SSSR count). The minimum atomic E-state index is -1.02. The number of carboxylic acids is 1. The second-order valence-corrected chi connectivity index (χ2v) is 6.87. The summed E-state index contributed by atoms with van der Waals surface area (Å²) in [6, 6.07) is 19.3. The van der Waals surface area contributed by atoms with Crippen LogP contribution in [0.15, 0.2) is 77.1 Å². The highest BCUT2D eigenvalue weighted by molar-refractivity contribution is 6.11. The van der Waals surface area contributed by atoms with Gasteiger partial charge in [-0.15, -0.1) is 0 Å². The number of nitrogens with zero attached hydrogens (tertiary/aromatic N) is 3. The number of benzene rings is 3. The van der Waals surface area contributed by atoms with Crippen LogP contribution in [0, 0.1) is 0 Å². The average molecular weight is 415 g/mol. The molecule has 3 aromatic carbocycles. The molecule has 1 amide bonds. The number of aromatic carboxylic acids is 1. The van der Waals surface area contributed by atoms with Crippen LogP contribution in [0.1, 0.15) is 15.9 Å². The summed E-state index contributed by atoms with van der Waals surface area (Å²) in [6.45, 7) is 0.0751. The second-order valence-electron chi connectivity index (χ2n) is 6.87. The van der Waals surface area contributed by atoms with Crippen LogP contribution >= 0.6 is 0 Å². The van der Waals surface area contributed by atoms with Gasteiger partial charge >= 0.3 is 11.8 Å². The molecule has 0 saturated carbocycles.